The van der Waals surface area contributed by atoms with E-state index in [1.807, 2.05) is 0 Å². The van der Waals surface area contributed by atoms with Crippen LogP contribution in [0.25, 0.3) is 5.69 Å². The van der Waals surface area contributed by atoms with Crippen molar-refractivity contribution in [3.05, 3.63) is 57.8 Å². The van der Waals surface area contributed by atoms with Crippen LogP contribution in [-0.4, -0.2) is 34.9 Å². The van der Waals surface area contributed by atoms with Crippen LogP contribution in [0.15, 0.2) is 35.1 Å². The smallest absolute Gasteiger partial charge is 0.275 e. The van der Waals surface area contributed by atoms with Crippen molar-refractivity contribution in [2.24, 2.45) is 0 Å². The van der Waals surface area contributed by atoms with Gasteiger partial charge in [0.2, 0.25) is 5.43 Å². The molecule has 0 aliphatic carbocycles. The Morgan fingerprint density at radius 3 is 2.96 bits per heavy atom. The van der Waals surface area contributed by atoms with Crippen LogP contribution in [0.1, 0.15) is 35.4 Å². The van der Waals surface area contributed by atoms with Crippen LogP contribution in [0.3, 0.4) is 0 Å². The number of hydrogen-bond donors (Lipinski definition) is 1. The second kappa shape index (κ2) is 7.57. The molecule has 3 rings (SSSR count). The number of carbonyl (C=O) groups excluding carboxylic acids is 1. The Morgan fingerprint density at radius 1 is 1.44 bits per heavy atom. The molecule has 1 aromatic heterocycles. The van der Waals surface area contributed by atoms with Crippen LogP contribution >= 0.6 is 0 Å². The van der Waals surface area contributed by atoms with Gasteiger partial charge < -0.3 is 10.1 Å². The lowest BCUT2D eigenvalue weighted by molar-refractivity contribution is 0.0901. The van der Waals surface area contributed by atoms with E-state index < -0.39 is 17.2 Å². The Hall–Kier alpha value is -2.54. The Morgan fingerprint density at radius 2 is 2.24 bits per heavy atom. The largest absolute Gasteiger partial charge is 0.378 e. The summed E-state index contributed by atoms with van der Waals surface area (Å²) in [6.07, 6.45) is 2.87. The molecule has 0 unspecified atom stereocenters. The third-order valence-electron chi connectivity index (χ3n) is 4.18. The van der Waals surface area contributed by atoms with E-state index in [1.54, 1.807) is 25.1 Å². The zero-order valence-corrected chi connectivity index (χ0v) is 14.0. The molecule has 1 fully saturated rings. The number of para-hydroxylation sites is 1. The van der Waals surface area contributed by atoms with E-state index in [-0.39, 0.29) is 17.5 Å². The zero-order chi connectivity index (χ0) is 17.8. The predicted octanol–water partition coefficient (Wildman–Crippen LogP) is 1.98. The molecule has 0 radical (unpaired) electrons. The fourth-order valence-corrected chi connectivity index (χ4v) is 2.87. The number of hydrogen-bond acceptors (Lipinski definition) is 4. The van der Waals surface area contributed by atoms with Crippen molar-refractivity contribution in [2.45, 2.75) is 32.3 Å². The molecule has 132 valence electrons. The van der Waals surface area contributed by atoms with E-state index in [4.69, 9.17) is 4.74 Å². The molecule has 2 heterocycles. The quantitative estimate of drug-likeness (QED) is 0.899. The van der Waals surface area contributed by atoms with Gasteiger partial charge in [0, 0.05) is 24.9 Å². The average Bonchev–Trinajstić information content (AvgIpc) is 3.09. The lowest BCUT2D eigenvalue weighted by atomic mass is 10.2. The molecule has 1 aliphatic rings. The normalized spacial score (nSPS) is 16.8. The molecular formula is C18H20FN3O3. The molecule has 0 saturated carbocycles. The van der Waals surface area contributed by atoms with E-state index in [0.717, 1.165) is 19.4 Å². The highest BCUT2D eigenvalue weighted by Crippen LogP contribution is 2.15. The van der Waals surface area contributed by atoms with Gasteiger partial charge in [-0.2, -0.15) is 5.10 Å². The third-order valence-corrected chi connectivity index (χ3v) is 4.18. The van der Waals surface area contributed by atoms with Crippen molar-refractivity contribution in [2.75, 3.05) is 13.2 Å². The fraction of sp³-hybridized carbons (Fsp3) is 0.389. The molecule has 1 saturated heterocycles. The maximum Gasteiger partial charge on any atom is 0.275 e. The highest BCUT2D eigenvalue weighted by Gasteiger charge is 2.18. The monoisotopic (exact) mass is 345 g/mol. The topological polar surface area (TPSA) is 73.2 Å². The number of aromatic nitrogens is 2. The summed E-state index contributed by atoms with van der Waals surface area (Å²) in [5, 5.41) is 6.77. The van der Waals surface area contributed by atoms with Crippen LogP contribution in [0.5, 0.6) is 0 Å². The van der Waals surface area contributed by atoms with Crippen LogP contribution in [0.4, 0.5) is 4.39 Å². The first kappa shape index (κ1) is 17.3. The van der Waals surface area contributed by atoms with Crippen molar-refractivity contribution >= 4 is 5.91 Å². The van der Waals surface area contributed by atoms with Gasteiger partial charge in [-0.15, -0.1) is 0 Å². The maximum atomic E-state index is 14.0. The van der Waals surface area contributed by atoms with Gasteiger partial charge in [0.05, 0.1) is 6.10 Å². The number of nitrogens with zero attached hydrogens (tertiary/aromatic N) is 2. The van der Waals surface area contributed by atoms with Gasteiger partial charge in [-0.3, -0.25) is 9.59 Å². The van der Waals surface area contributed by atoms with E-state index in [0.29, 0.717) is 18.7 Å². The van der Waals surface area contributed by atoms with Crippen molar-refractivity contribution in [3.8, 4) is 5.69 Å². The Balaban J connectivity index is 1.79. The SMILES string of the molecule is Cc1cc(=O)c(C(=O)NCC[C@@H]2CCCO2)nn1-c1ccccc1F. The molecule has 0 bridgehead atoms. The van der Waals surface area contributed by atoms with Gasteiger partial charge in [-0.1, -0.05) is 12.1 Å². The van der Waals surface area contributed by atoms with Gasteiger partial charge in [0.25, 0.3) is 5.91 Å². The number of aryl methyl sites for hydroxylation is 1. The standard InChI is InChI=1S/C18H20FN3O3/c1-12-11-16(23)17(18(24)20-9-8-13-5-4-10-25-13)21-22(12)15-7-3-2-6-14(15)19/h2-3,6-7,11,13H,4-5,8-10H2,1H3,(H,20,24)/t13-/m0/s1. The van der Waals surface area contributed by atoms with Crippen molar-refractivity contribution in [3.63, 3.8) is 0 Å². The number of halogens is 1. The van der Waals surface area contributed by atoms with Gasteiger partial charge in [0.1, 0.15) is 11.5 Å². The first-order valence-corrected chi connectivity index (χ1v) is 8.32. The summed E-state index contributed by atoms with van der Waals surface area (Å²) in [4.78, 5) is 24.4. The van der Waals surface area contributed by atoms with Gasteiger partial charge >= 0.3 is 0 Å². The predicted molar refractivity (Wildman–Crippen MR) is 90.5 cm³/mol. The summed E-state index contributed by atoms with van der Waals surface area (Å²) in [6.45, 7) is 2.80. The van der Waals surface area contributed by atoms with Crippen LogP contribution < -0.4 is 10.7 Å². The number of carbonyl (C=O) groups is 1. The molecule has 1 atom stereocenters. The number of nitrogens with one attached hydrogen (secondary N) is 1. The summed E-state index contributed by atoms with van der Waals surface area (Å²) in [6, 6.07) is 7.36. The number of rotatable bonds is 5. The Kier molecular flexibility index (Phi) is 5.23. The van der Waals surface area contributed by atoms with Gasteiger partial charge in [0.15, 0.2) is 5.69 Å². The molecule has 2 aromatic rings. The highest BCUT2D eigenvalue weighted by atomic mass is 19.1. The molecule has 1 amide bonds. The first-order chi connectivity index (χ1) is 12.1. The zero-order valence-electron chi connectivity index (χ0n) is 14.0. The average molecular weight is 345 g/mol. The molecule has 1 N–H and O–H groups in total. The second-order valence-electron chi connectivity index (χ2n) is 6.04. The lowest BCUT2D eigenvalue weighted by Gasteiger charge is -2.13. The van der Waals surface area contributed by atoms with Crippen LogP contribution in [-0.2, 0) is 4.74 Å². The lowest BCUT2D eigenvalue weighted by Crippen LogP contribution is -2.33. The maximum absolute atomic E-state index is 14.0. The molecule has 1 aliphatic heterocycles. The molecule has 1 aromatic carbocycles. The minimum atomic E-state index is -0.562. The Labute approximate surface area is 144 Å². The summed E-state index contributed by atoms with van der Waals surface area (Å²) < 4.78 is 20.8. The van der Waals surface area contributed by atoms with Crippen LogP contribution in [0, 0.1) is 12.7 Å². The molecule has 7 heteroatoms. The third kappa shape index (κ3) is 3.93. The van der Waals surface area contributed by atoms with Crippen LogP contribution in [0.2, 0.25) is 0 Å². The van der Waals surface area contributed by atoms with E-state index in [1.165, 1.54) is 16.8 Å². The molecule has 6 nitrogen and oxygen atoms in total. The van der Waals surface area contributed by atoms with Crippen molar-refractivity contribution in [1.82, 2.24) is 15.1 Å². The summed E-state index contributed by atoms with van der Waals surface area (Å²) in [5.74, 6) is -1.04. The van der Waals surface area contributed by atoms with Gasteiger partial charge in [-0.25, -0.2) is 9.07 Å². The number of amides is 1. The highest BCUT2D eigenvalue weighted by molar-refractivity contribution is 5.92. The van der Waals surface area contributed by atoms with Gasteiger partial charge in [-0.05, 0) is 38.3 Å². The van der Waals surface area contributed by atoms with Crippen molar-refractivity contribution in [1.29, 1.82) is 0 Å². The first-order valence-electron chi connectivity index (χ1n) is 8.32. The molecule has 25 heavy (non-hydrogen) atoms. The fourth-order valence-electron chi connectivity index (χ4n) is 2.87. The van der Waals surface area contributed by atoms with Crippen molar-refractivity contribution < 1.29 is 13.9 Å². The molecular weight excluding hydrogens is 325 g/mol. The number of benzene rings is 1. The summed E-state index contributed by atoms with van der Waals surface area (Å²) >= 11 is 0. The summed E-state index contributed by atoms with van der Waals surface area (Å²) in [7, 11) is 0. The number of ether oxygens (including phenoxy) is 1. The Bertz CT molecular complexity index is 829. The van der Waals surface area contributed by atoms with E-state index >= 15 is 0 Å². The summed E-state index contributed by atoms with van der Waals surface area (Å²) in [5.41, 5.74) is -0.0969. The van der Waals surface area contributed by atoms with E-state index in [9.17, 15) is 14.0 Å². The minimum absolute atomic E-state index is 0.154. The minimum Gasteiger partial charge on any atom is -0.378 e. The second-order valence-corrected chi connectivity index (χ2v) is 6.04. The molecule has 0 spiro atoms. The van der Waals surface area contributed by atoms with E-state index in [2.05, 4.69) is 10.4 Å².